The lowest BCUT2D eigenvalue weighted by atomic mass is 10.1. The summed E-state index contributed by atoms with van der Waals surface area (Å²) in [5.41, 5.74) is -0.651. The van der Waals surface area contributed by atoms with Gasteiger partial charge in [-0.15, -0.1) is 0 Å². The third kappa shape index (κ3) is 6.12. The van der Waals surface area contributed by atoms with Gasteiger partial charge in [0.1, 0.15) is 18.6 Å². The molecule has 1 aromatic heterocycles. The zero-order chi connectivity index (χ0) is 24.0. The summed E-state index contributed by atoms with van der Waals surface area (Å²) < 4.78 is 51.3. The van der Waals surface area contributed by atoms with E-state index in [1.807, 2.05) is 0 Å². The van der Waals surface area contributed by atoms with E-state index in [0.29, 0.717) is 18.7 Å². The Kier molecular flexibility index (Phi) is 8.11. The first kappa shape index (κ1) is 24.7. The smallest absolute Gasteiger partial charge is 0.418 e. The number of carbonyl (C=O) groups is 1. The van der Waals surface area contributed by atoms with Gasteiger partial charge in [0.25, 0.3) is 0 Å². The largest absolute Gasteiger partial charge is 0.489 e. The number of hydrogen-bond donors (Lipinski definition) is 2. The maximum Gasteiger partial charge on any atom is 0.418 e. The van der Waals surface area contributed by atoms with Crippen LogP contribution < -0.4 is 9.64 Å². The molecule has 0 spiro atoms. The second-order valence-corrected chi connectivity index (χ2v) is 7.49. The average molecular weight is 469 g/mol. The summed E-state index contributed by atoms with van der Waals surface area (Å²) in [7, 11) is 0. The van der Waals surface area contributed by atoms with E-state index in [1.54, 1.807) is 36.1 Å². The molecule has 1 aliphatic heterocycles. The van der Waals surface area contributed by atoms with E-state index < -0.39 is 30.1 Å². The highest BCUT2D eigenvalue weighted by atomic mass is 19.4. The number of amides is 1. The normalized spacial score (nSPS) is 17.6. The van der Waals surface area contributed by atoms with Gasteiger partial charge < -0.3 is 19.7 Å². The molecular formula is C22H26F3N3O5. The van der Waals surface area contributed by atoms with E-state index >= 15 is 0 Å². The van der Waals surface area contributed by atoms with E-state index in [1.165, 1.54) is 0 Å². The quantitative estimate of drug-likeness (QED) is 0.614. The summed E-state index contributed by atoms with van der Waals surface area (Å²) in [4.78, 5) is 19.0. The predicted molar refractivity (Wildman–Crippen MR) is 113 cm³/mol. The van der Waals surface area contributed by atoms with Crippen molar-refractivity contribution in [2.24, 2.45) is 0 Å². The van der Waals surface area contributed by atoms with Gasteiger partial charge in [-0.1, -0.05) is 12.1 Å². The molecule has 8 nitrogen and oxygen atoms in total. The Hall–Kier alpha value is -2.89. The van der Waals surface area contributed by atoms with Gasteiger partial charge in [-0.25, -0.2) is 4.79 Å². The number of hydrogen-bond acceptors (Lipinski definition) is 7. The van der Waals surface area contributed by atoms with Crippen LogP contribution in [0.3, 0.4) is 0 Å². The van der Waals surface area contributed by atoms with Crippen molar-refractivity contribution in [2.75, 3.05) is 31.2 Å². The van der Waals surface area contributed by atoms with Crippen LogP contribution in [0.1, 0.15) is 24.5 Å². The number of alkyl halides is 3. The Morgan fingerprint density at radius 1 is 1.30 bits per heavy atom. The molecule has 180 valence electrons. The molecular weight excluding hydrogens is 443 g/mol. The fraction of sp³-hybridized carbons (Fsp3) is 0.455. The number of nitrogens with zero attached hydrogens (tertiary/aromatic N) is 3. The molecule has 2 heterocycles. The van der Waals surface area contributed by atoms with Gasteiger partial charge in [-0.05, 0) is 37.1 Å². The van der Waals surface area contributed by atoms with Gasteiger partial charge >= 0.3 is 12.3 Å². The third-order valence-electron chi connectivity index (χ3n) is 5.32. The minimum atomic E-state index is -4.68. The molecule has 2 atom stereocenters. The zero-order valence-electron chi connectivity index (χ0n) is 18.0. The maximum absolute atomic E-state index is 13.6. The predicted octanol–water partition coefficient (Wildman–Crippen LogP) is 3.03. The Balaban J connectivity index is 1.72. The van der Waals surface area contributed by atoms with Crippen molar-refractivity contribution in [1.82, 2.24) is 9.88 Å². The number of likely N-dealkylation sites (tertiary alicyclic amines) is 1. The van der Waals surface area contributed by atoms with Crippen LogP contribution in [0.4, 0.5) is 23.7 Å². The average Bonchev–Trinajstić information content (AvgIpc) is 3.27. The van der Waals surface area contributed by atoms with E-state index in [-0.39, 0.29) is 32.1 Å². The molecule has 11 heteroatoms. The van der Waals surface area contributed by atoms with Crippen LogP contribution >= 0.6 is 0 Å². The van der Waals surface area contributed by atoms with Crippen LogP contribution in [0.25, 0.3) is 0 Å². The first-order valence-corrected chi connectivity index (χ1v) is 10.5. The number of ether oxygens (including phenoxy) is 2. The van der Waals surface area contributed by atoms with Crippen LogP contribution in [0.2, 0.25) is 0 Å². The van der Waals surface area contributed by atoms with Crippen molar-refractivity contribution in [3.8, 4) is 5.75 Å². The molecule has 33 heavy (non-hydrogen) atoms. The molecule has 2 N–H and O–H groups in total. The number of anilines is 1. The van der Waals surface area contributed by atoms with Crippen LogP contribution in [0.15, 0.2) is 42.7 Å². The summed E-state index contributed by atoms with van der Waals surface area (Å²) in [6.45, 7) is 1.86. The molecule has 1 amide bonds. The minimum absolute atomic E-state index is 0.00107. The molecule has 1 aliphatic rings. The van der Waals surface area contributed by atoms with Gasteiger partial charge in [-0.2, -0.15) is 13.2 Å². The van der Waals surface area contributed by atoms with Gasteiger partial charge in [0.2, 0.25) is 0 Å². The van der Waals surface area contributed by atoms with Crippen LogP contribution in [-0.2, 0) is 17.5 Å². The van der Waals surface area contributed by atoms with Crippen LogP contribution in [-0.4, -0.2) is 64.8 Å². The highest BCUT2D eigenvalue weighted by Gasteiger charge is 2.41. The molecule has 1 fully saturated rings. The monoisotopic (exact) mass is 469 g/mol. The lowest BCUT2D eigenvalue weighted by Gasteiger charge is -2.30. The number of pyridine rings is 1. The third-order valence-corrected chi connectivity index (χ3v) is 5.32. The van der Waals surface area contributed by atoms with E-state index in [4.69, 9.17) is 14.6 Å². The van der Waals surface area contributed by atoms with Gasteiger partial charge in [0, 0.05) is 19.3 Å². The van der Waals surface area contributed by atoms with Gasteiger partial charge in [-0.3, -0.25) is 14.8 Å². The van der Waals surface area contributed by atoms with E-state index in [0.717, 1.165) is 28.9 Å². The van der Waals surface area contributed by atoms with E-state index in [9.17, 15) is 23.1 Å². The first-order chi connectivity index (χ1) is 15.7. The van der Waals surface area contributed by atoms with Crippen molar-refractivity contribution in [1.29, 1.82) is 0 Å². The molecule has 1 aromatic carbocycles. The summed E-state index contributed by atoms with van der Waals surface area (Å²) >= 11 is 0. The van der Waals surface area contributed by atoms with Crippen molar-refractivity contribution >= 4 is 11.8 Å². The van der Waals surface area contributed by atoms with Crippen molar-refractivity contribution in [2.45, 2.75) is 38.4 Å². The SMILES string of the molecule is CCOC(=O)N(c1cnccc1C(F)(F)F)C1CCN(C(O)COc2ccc(CO)cc2)C1. The molecule has 2 unspecified atom stereocenters. The Bertz CT molecular complexity index is 926. The summed E-state index contributed by atoms with van der Waals surface area (Å²) in [6, 6.07) is 6.86. The Morgan fingerprint density at radius 3 is 2.67 bits per heavy atom. The number of benzene rings is 1. The lowest BCUT2D eigenvalue weighted by Crippen LogP contribution is -2.45. The molecule has 2 aromatic rings. The number of aliphatic hydroxyl groups excluding tert-OH is 2. The van der Waals surface area contributed by atoms with Crippen molar-refractivity contribution in [3.05, 3.63) is 53.9 Å². The first-order valence-electron chi connectivity index (χ1n) is 10.5. The summed E-state index contributed by atoms with van der Waals surface area (Å²) in [6.07, 6.45) is -4.28. The van der Waals surface area contributed by atoms with E-state index in [2.05, 4.69) is 4.98 Å². The highest BCUT2D eigenvalue weighted by molar-refractivity contribution is 5.89. The standard InChI is InChI=1S/C22H26F3N3O5/c1-2-32-21(31)28(19-11-26-9-7-18(19)22(23,24)25)16-8-10-27(12-16)20(30)14-33-17-5-3-15(13-29)4-6-17/h3-7,9,11,16,20,29-30H,2,8,10,12-14H2,1H3. The second kappa shape index (κ2) is 10.8. The summed E-state index contributed by atoms with van der Waals surface area (Å²) in [5.74, 6) is 0.500. The van der Waals surface area contributed by atoms with Gasteiger partial charge in [0.05, 0.1) is 36.7 Å². The number of aromatic nitrogens is 1. The highest BCUT2D eigenvalue weighted by Crippen LogP contribution is 2.38. The number of halogens is 3. The Labute approximate surface area is 189 Å². The minimum Gasteiger partial charge on any atom is -0.489 e. The molecule has 0 aliphatic carbocycles. The Morgan fingerprint density at radius 2 is 2.03 bits per heavy atom. The number of aliphatic hydroxyl groups is 2. The molecule has 0 radical (unpaired) electrons. The molecule has 0 bridgehead atoms. The fourth-order valence-corrected chi connectivity index (χ4v) is 3.67. The second-order valence-electron chi connectivity index (χ2n) is 7.49. The van der Waals surface area contributed by atoms with Gasteiger partial charge in [0.15, 0.2) is 0 Å². The topological polar surface area (TPSA) is 95.4 Å². The molecule has 1 saturated heterocycles. The molecule has 0 saturated carbocycles. The lowest BCUT2D eigenvalue weighted by molar-refractivity contribution is -0.137. The zero-order valence-corrected chi connectivity index (χ0v) is 18.0. The maximum atomic E-state index is 13.6. The molecule has 3 rings (SSSR count). The fourth-order valence-electron chi connectivity index (χ4n) is 3.67. The van der Waals surface area contributed by atoms with Crippen LogP contribution in [0.5, 0.6) is 5.75 Å². The van der Waals surface area contributed by atoms with Crippen molar-refractivity contribution in [3.63, 3.8) is 0 Å². The van der Waals surface area contributed by atoms with Crippen molar-refractivity contribution < 1.29 is 37.7 Å². The number of rotatable bonds is 8. The number of carbonyl (C=O) groups excluding carboxylic acids is 1. The van der Waals surface area contributed by atoms with Crippen LogP contribution in [0, 0.1) is 0 Å². The summed E-state index contributed by atoms with van der Waals surface area (Å²) in [5, 5.41) is 19.6.